The molecule has 0 aromatic carbocycles. The van der Waals surface area contributed by atoms with E-state index in [1.807, 2.05) is 4.90 Å². The molecule has 3 saturated heterocycles. The van der Waals surface area contributed by atoms with Crippen molar-refractivity contribution in [2.75, 3.05) is 39.8 Å². The van der Waals surface area contributed by atoms with E-state index in [4.69, 9.17) is 0 Å². The maximum Gasteiger partial charge on any atom is 0.325 e. The Hall–Kier alpha value is -1.67. The molecule has 2 N–H and O–H groups in total. The van der Waals surface area contributed by atoms with Crippen molar-refractivity contribution in [1.29, 1.82) is 0 Å². The largest absolute Gasteiger partial charge is 0.340 e. The molecule has 3 heterocycles. The van der Waals surface area contributed by atoms with Gasteiger partial charge in [-0.15, -0.1) is 0 Å². The number of amides is 4. The standard InChI is InChI=1S/C16H27N5O3/c1-10(2)20-4-6-21(7-5-20)15(23)11-8-12-13(17-9-11)19(3)16(24)18-14(12)22/h10-13,17H,4-9H2,1-3H3,(H,18,22,24). The average Bonchev–Trinajstić information content (AvgIpc) is 2.59. The minimum Gasteiger partial charge on any atom is -0.340 e. The van der Waals surface area contributed by atoms with E-state index < -0.39 is 0 Å². The number of hydrogen-bond donors (Lipinski definition) is 2. The summed E-state index contributed by atoms with van der Waals surface area (Å²) < 4.78 is 0. The predicted molar refractivity (Wildman–Crippen MR) is 88.0 cm³/mol. The first-order valence-electron chi connectivity index (χ1n) is 8.72. The summed E-state index contributed by atoms with van der Waals surface area (Å²) >= 11 is 0. The van der Waals surface area contributed by atoms with Gasteiger partial charge in [-0.3, -0.25) is 25.1 Å². The number of piperidine rings is 1. The highest BCUT2D eigenvalue weighted by atomic mass is 16.2. The van der Waals surface area contributed by atoms with Crippen LogP contribution in [-0.4, -0.2) is 84.5 Å². The number of piperazine rings is 1. The summed E-state index contributed by atoms with van der Waals surface area (Å²) in [6.07, 6.45) is 0.178. The molecule has 0 bridgehead atoms. The van der Waals surface area contributed by atoms with Gasteiger partial charge in [-0.1, -0.05) is 0 Å². The molecular weight excluding hydrogens is 310 g/mol. The van der Waals surface area contributed by atoms with Gasteiger partial charge in [-0.05, 0) is 20.3 Å². The Bertz CT molecular complexity index is 530. The van der Waals surface area contributed by atoms with Crippen molar-refractivity contribution < 1.29 is 14.4 Å². The minimum atomic E-state index is -0.386. The lowest BCUT2D eigenvalue weighted by molar-refractivity contribution is -0.141. The summed E-state index contributed by atoms with van der Waals surface area (Å²) in [5, 5.41) is 5.58. The molecule has 3 atom stereocenters. The van der Waals surface area contributed by atoms with Crippen LogP contribution in [0.1, 0.15) is 20.3 Å². The summed E-state index contributed by atoms with van der Waals surface area (Å²) in [6.45, 7) is 8.12. The van der Waals surface area contributed by atoms with E-state index in [0.717, 1.165) is 26.2 Å². The number of hydrogen-bond acceptors (Lipinski definition) is 5. The molecule has 0 radical (unpaired) electrons. The maximum absolute atomic E-state index is 12.8. The van der Waals surface area contributed by atoms with Gasteiger partial charge < -0.3 is 9.80 Å². The topological polar surface area (TPSA) is 85.0 Å². The van der Waals surface area contributed by atoms with E-state index in [2.05, 4.69) is 29.4 Å². The number of carbonyl (C=O) groups excluding carboxylic acids is 3. The number of imide groups is 1. The lowest BCUT2D eigenvalue weighted by Gasteiger charge is -2.45. The van der Waals surface area contributed by atoms with Crippen LogP contribution in [0, 0.1) is 11.8 Å². The average molecular weight is 337 g/mol. The van der Waals surface area contributed by atoms with E-state index in [1.54, 1.807) is 7.05 Å². The van der Waals surface area contributed by atoms with Crippen molar-refractivity contribution >= 4 is 17.8 Å². The molecule has 3 aliphatic heterocycles. The van der Waals surface area contributed by atoms with Crippen molar-refractivity contribution in [3.63, 3.8) is 0 Å². The first-order chi connectivity index (χ1) is 11.4. The van der Waals surface area contributed by atoms with Crippen LogP contribution in [0.15, 0.2) is 0 Å². The molecule has 3 unspecified atom stereocenters. The second-order valence-corrected chi connectivity index (χ2v) is 7.25. The van der Waals surface area contributed by atoms with Gasteiger partial charge in [0, 0.05) is 45.8 Å². The molecule has 3 aliphatic rings. The fourth-order valence-corrected chi connectivity index (χ4v) is 3.90. The third kappa shape index (κ3) is 3.12. The monoisotopic (exact) mass is 337 g/mol. The minimum absolute atomic E-state index is 0.122. The summed E-state index contributed by atoms with van der Waals surface area (Å²) in [4.78, 5) is 42.4. The molecule has 8 nitrogen and oxygen atoms in total. The highest BCUT2D eigenvalue weighted by molar-refractivity contribution is 5.98. The number of nitrogens with one attached hydrogen (secondary N) is 2. The molecular formula is C16H27N5O3. The van der Waals surface area contributed by atoms with Crippen LogP contribution in [0.5, 0.6) is 0 Å². The third-order valence-electron chi connectivity index (χ3n) is 5.50. The zero-order valence-electron chi connectivity index (χ0n) is 14.6. The highest BCUT2D eigenvalue weighted by Crippen LogP contribution is 2.27. The van der Waals surface area contributed by atoms with Gasteiger partial charge in [-0.2, -0.15) is 0 Å². The number of urea groups is 1. The Balaban J connectivity index is 1.60. The van der Waals surface area contributed by atoms with Gasteiger partial charge in [0.25, 0.3) is 0 Å². The SMILES string of the molecule is CC(C)N1CCN(C(=O)C2CNC3C(C2)C(=O)NC(=O)N3C)CC1. The van der Waals surface area contributed by atoms with E-state index in [9.17, 15) is 14.4 Å². The van der Waals surface area contributed by atoms with Gasteiger partial charge in [0.05, 0.1) is 18.0 Å². The second-order valence-electron chi connectivity index (χ2n) is 7.25. The molecule has 0 aromatic heterocycles. The van der Waals surface area contributed by atoms with E-state index >= 15 is 0 Å². The molecule has 4 amide bonds. The van der Waals surface area contributed by atoms with Crippen LogP contribution in [0.25, 0.3) is 0 Å². The van der Waals surface area contributed by atoms with Crippen molar-refractivity contribution in [3.05, 3.63) is 0 Å². The zero-order chi connectivity index (χ0) is 17.4. The lowest BCUT2D eigenvalue weighted by Crippen LogP contribution is -2.67. The molecule has 24 heavy (non-hydrogen) atoms. The number of nitrogens with zero attached hydrogens (tertiary/aromatic N) is 3. The van der Waals surface area contributed by atoms with E-state index in [1.165, 1.54) is 4.90 Å². The van der Waals surface area contributed by atoms with Crippen molar-refractivity contribution in [2.24, 2.45) is 11.8 Å². The quantitative estimate of drug-likeness (QED) is 0.694. The van der Waals surface area contributed by atoms with Gasteiger partial charge in [0.1, 0.15) is 0 Å². The first kappa shape index (κ1) is 17.2. The Labute approximate surface area is 142 Å². The molecule has 3 rings (SSSR count). The zero-order valence-corrected chi connectivity index (χ0v) is 14.6. The van der Waals surface area contributed by atoms with Crippen molar-refractivity contribution in [1.82, 2.24) is 25.3 Å². The summed E-state index contributed by atoms with van der Waals surface area (Å²) in [5.41, 5.74) is 0. The molecule has 0 aliphatic carbocycles. The van der Waals surface area contributed by atoms with Crippen molar-refractivity contribution in [2.45, 2.75) is 32.5 Å². The van der Waals surface area contributed by atoms with Crippen LogP contribution in [-0.2, 0) is 9.59 Å². The Morgan fingerprint density at radius 1 is 1.17 bits per heavy atom. The van der Waals surface area contributed by atoms with Gasteiger partial charge >= 0.3 is 6.03 Å². The fourth-order valence-electron chi connectivity index (χ4n) is 3.90. The Morgan fingerprint density at radius 2 is 1.83 bits per heavy atom. The number of rotatable bonds is 2. The summed E-state index contributed by atoms with van der Waals surface area (Å²) in [7, 11) is 1.67. The van der Waals surface area contributed by atoms with E-state index in [-0.39, 0.29) is 35.8 Å². The van der Waals surface area contributed by atoms with Gasteiger partial charge in [0.15, 0.2) is 0 Å². The smallest absolute Gasteiger partial charge is 0.325 e. The van der Waals surface area contributed by atoms with Crippen LogP contribution < -0.4 is 10.6 Å². The summed E-state index contributed by atoms with van der Waals surface area (Å²) in [5.74, 6) is -0.731. The van der Waals surface area contributed by atoms with Crippen LogP contribution in [0.2, 0.25) is 0 Å². The molecule has 0 saturated carbocycles. The molecule has 0 aromatic rings. The van der Waals surface area contributed by atoms with Crippen molar-refractivity contribution in [3.8, 4) is 0 Å². The van der Waals surface area contributed by atoms with Crippen LogP contribution >= 0.6 is 0 Å². The second kappa shape index (κ2) is 6.68. The number of fused-ring (bicyclic) bond motifs is 1. The first-order valence-corrected chi connectivity index (χ1v) is 8.72. The molecule has 3 fully saturated rings. The fraction of sp³-hybridized carbons (Fsp3) is 0.812. The normalized spacial score (nSPS) is 31.9. The molecule has 0 spiro atoms. The Kier molecular flexibility index (Phi) is 4.78. The Morgan fingerprint density at radius 3 is 2.46 bits per heavy atom. The van der Waals surface area contributed by atoms with E-state index in [0.29, 0.717) is 19.0 Å². The maximum atomic E-state index is 12.8. The summed E-state index contributed by atoms with van der Waals surface area (Å²) in [6, 6.07) is 0.113. The van der Waals surface area contributed by atoms with Crippen LogP contribution in [0.4, 0.5) is 4.79 Å². The van der Waals surface area contributed by atoms with Crippen LogP contribution in [0.3, 0.4) is 0 Å². The van der Waals surface area contributed by atoms with Gasteiger partial charge in [-0.25, -0.2) is 4.79 Å². The highest BCUT2D eigenvalue weighted by Gasteiger charge is 2.45. The molecule has 8 heteroatoms. The number of carbonyl (C=O) groups is 3. The molecule has 134 valence electrons. The lowest BCUT2D eigenvalue weighted by atomic mass is 9.85. The third-order valence-corrected chi connectivity index (χ3v) is 5.50. The van der Waals surface area contributed by atoms with Gasteiger partial charge in [0.2, 0.25) is 11.8 Å². The predicted octanol–water partition coefficient (Wildman–Crippen LogP) is -0.728.